The number of rotatable bonds is 1. The Labute approximate surface area is 82.4 Å². The van der Waals surface area contributed by atoms with Crippen molar-refractivity contribution in [3.8, 4) is 6.07 Å². The lowest BCUT2D eigenvalue weighted by Crippen LogP contribution is -1.99. The first kappa shape index (κ1) is 10.1. The summed E-state index contributed by atoms with van der Waals surface area (Å²) in [6.45, 7) is 0. The molecule has 1 aromatic rings. The number of nitriles is 1. The van der Waals surface area contributed by atoms with Crippen molar-refractivity contribution in [3.05, 3.63) is 22.3 Å². The first-order valence-electron chi connectivity index (χ1n) is 2.95. The highest BCUT2D eigenvalue weighted by molar-refractivity contribution is 9.10. The van der Waals surface area contributed by atoms with Gasteiger partial charge in [0.1, 0.15) is 6.07 Å². The normalized spacial score (nSPS) is 10.8. The molecule has 1 heterocycles. The number of hydrogen-bond acceptors (Lipinski definition) is 4. The fourth-order valence-electron chi connectivity index (χ4n) is 0.701. The molecule has 1 rings (SSSR count). The molecule has 0 spiro atoms. The summed E-state index contributed by atoms with van der Waals surface area (Å²) < 4.78 is 33.7. The average Bonchev–Trinajstić information content (AvgIpc) is 2.01. The van der Waals surface area contributed by atoms with E-state index < -0.39 is 15.2 Å². The van der Waals surface area contributed by atoms with Gasteiger partial charge in [0.15, 0.2) is 0 Å². The molecule has 0 saturated heterocycles. The van der Waals surface area contributed by atoms with Gasteiger partial charge in [-0.1, -0.05) is 3.89 Å². The maximum absolute atomic E-state index is 12.4. The molecule has 0 N–H and O–H groups in total. The average molecular weight is 265 g/mol. The lowest BCUT2D eigenvalue weighted by Gasteiger charge is -1.96. The van der Waals surface area contributed by atoms with Crippen molar-refractivity contribution in [2.75, 3.05) is 0 Å². The van der Waals surface area contributed by atoms with Crippen LogP contribution in [0.3, 0.4) is 0 Å². The van der Waals surface area contributed by atoms with E-state index in [0.29, 0.717) is 4.47 Å². The van der Waals surface area contributed by atoms with Crippen molar-refractivity contribution >= 4 is 26.2 Å². The van der Waals surface area contributed by atoms with Crippen LogP contribution in [-0.2, 0) is 10.2 Å². The number of hydrogen-bond donors (Lipinski definition) is 0. The van der Waals surface area contributed by atoms with E-state index in [1.54, 1.807) is 0 Å². The minimum Gasteiger partial charge on any atom is -0.240 e. The van der Waals surface area contributed by atoms with Gasteiger partial charge < -0.3 is 0 Å². The van der Waals surface area contributed by atoms with Crippen LogP contribution in [0.25, 0.3) is 0 Å². The highest BCUT2D eigenvalue weighted by Gasteiger charge is 2.19. The van der Waals surface area contributed by atoms with Crippen molar-refractivity contribution in [1.29, 1.82) is 5.26 Å². The molecule has 0 aliphatic carbocycles. The third-order valence-corrected chi connectivity index (χ3v) is 2.39. The van der Waals surface area contributed by atoms with E-state index in [9.17, 15) is 12.3 Å². The van der Waals surface area contributed by atoms with E-state index in [2.05, 4.69) is 20.9 Å². The second-order valence-electron chi connectivity index (χ2n) is 2.06. The monoisotopic (exact) mass is 264 g/mol. The second-order valence-corrected chi connectivity index (χ2v) is 4.23. The van der Waals surface area contributed by atoms with Crippen molar-refractivity contribution in [2.45, 2.75) is 5.03 Å². The predicted octanol–water partition coefficient (Wildman–Crippen LogP) is 1.37. The zero-order chi connectivity index (χ0) is 10.1. The molecular weight excluding hydrogens is 263 g/mol. The Bertz CT molecular complexity index is 480. The van der Waals surface area contributed by atoms with Crippen LogP contribution in [0.2, 0.25) is 0 Å². The molecule has 0 aliphatic heterocycles. The van der Waals surface area contributed by atoms with Crippen LogP contribution in [0.1, 0.15) is 5.56 Å². The van der Waals surface area contributed by atoms with Gasteiger partial charge in [0.2, 0.25) is 5.03 Å². The lowest BCUT2D eigenvalue weighted by atomic mass is 10.3. The van der Waals surface area contributed by atoms with Crippen LogP contribution in [0.15, 0.2) is 21.8 Å². The largest absolute Gasteiger partial charge is 0.351 e. The summed E-state index contributed by atoms with van der Waals surface area (Å²) in [4.78, 5) is 3.29. The molecule has 68 valence electrons. The van der Waals surface area contributed by atoms with Gasteiger partial charge in [-0.05, 0) is 22.0 Å². The molecular formula is C6H2BrFN2O2S. The topological polar surface area (TPSA) is 70.8 Å². The Kier molecular flexibility index (Phi) is 2.63. The molecule has 0 atom stereocenters. The summed E-state index contributed by atoms with van der Waals surface area (Å²) in [5.41, 5.74) is -0.322. The zero-order valence-corrected chi connectivity index (χ0v) is 8.43. The van der Waals surface area contributed by atoms with Crippen LogP contribution in [-0.4, -0.2) is 13.4 Å². The summed E-state index contributed by atoms with van der Waals surface area (Å²) in [5.74, 6) is 0. The molecule has 13 heavy (non-hydrogen) atoms. The molecule has 0 fully saturated rings. The molecule has 0 aliphatic rings. The van der Waals surface area contributed by atoms with Gasteiger partial charge in [0.05, 0.1) is 5.56 Å². The molecule has 0 amide bonds. The number of aromatic nitrogens is 1. The van der Waals surface area contributed by atoms with Gasteiger partial charge in [-0.2, -0.15) is 13.7 Å². The van der Waals surface area contributed by atoms with Crippen LogP contribution in [0.4, 0.5) is 3.89 Å². The molecule has 0 bridgehead atoms. The summed E-state index contributed by atoms with van der Waals surface area (Å²) in [7, 11) is -4.92. The second kappa shape index (κ2) is 3.40. The summed E-state index contributed by atoms with van der Waals surface area (Å²) in [5, 5.41) is 7.62. The van der Waals surface area contributed by atoms with Crippen LogP contribution >= 0.6 is 15.9 Å². The third-order valence-electron chi connectivity index (χ3n) is 1.17. The predicted molar refractivity (Wildman–Crippen MR) is 44.9 cm³/mol. The Balaban J connectivity index is 3.50. The van der Waals surface area contributed by atoms with E-state index >= 15 is 0 Å². The van der Waals surface area contributed by atoms with E-state index in [-0.39, 0.29) is 5.56 Å². The highest BCUT2D eigenvalue weighted by atomic mass is 79.9. The van der Waals surface area contributed by atoms with E-state index in [1.807, 2.05) is 0 Å². The van der Waals surface area contributed by atoms with E-state index in [0.717, 1.165) is 6.20 Å². The van der Waals surface area contributed by atoms with Gasteiger partial charge in [-0.3, -0.25) is 0 Å². The molecule has 0 aromatic carbocycles. The number of pyridine rings is 1. The van der Waals surface area contributed by atoms with Gasteiger partial charge in [0.25, 0.3) is 0 Å². The van der Waals surface area contributed by atoms with Gasteiger partial charge in [0, 0.05) is 10.7 Å². The Morgan fingerprint density at radius 3 is 2.69 bits per heavy atom. The van der Waals surface area contributed by atoms with Crippen LogP contribution in [0, 0.1) is 11.3 Å². The van der Waals surface area contributed by atoms with Crippen LogP contribution < -0.4 is 0 Å². The first-order valence-corrected chi connectivity index (χ1v) is 5.13. The Hall–Kier alpha value is -1.00. The van der Waals surface area contributed by atoms with E-state index in [4.69, 9.17) is 5.26 Å². The highest BCUT2D eigenvalue weighted by Crippen LogP contribution is 2.18. The van der Waals surface area contributed by atoms with Crippen molar-refractivity contribution < 1.29 is 12.3 Å². The van der Waals surface area contributed by atoms with Gasteiger partial charge in [-0.15, -0.1) is 0 Å². The van der Waals surface area contributed by atoms with Crippen molar-refractivity contribution in [2.24, 2.45) is 0 Å². The summed E-state index contributed by atoms with van der Waals surface area (Å²) in [6.07, 6.45) is 1.10. The Morgan fingerprint density at radius 1 is 1.62 bits per heavy atom. The van der Waals surface area contributed by atoms with Crippen molar-refractivity contribution in [1.82, 2.24) is 4.98 Å². The van der Waals surface area contributed by atoms with Crippen molar-refractivity contribution in [3.63, 3.8) is 0 Å². The Morgan fingerprint density at radius 2 is 2.23 bits per heavy atom. The third kappa shape index (κ3) is 2.23. The molecule has 0 unspecified atom stereocenters. The summed E-state index contributed by atoms with van der Waals surface area (Å²) >= 11 is 2.97. The maximum Gasteiger partial charge on any atom is 0.351 e. The molecule has 4 nitrogen and oxygen atoms in total. The first-order chi connectivity index (χ1) is 5.95. The minimum absolute atomic E-state index is 0.322. The zero-order valence-electron chi connectivity index (χ0n) is 6.03. The maximum atomic E-state index is 12.4. The minimum atomic E-state index is -4.92. The fraction of sp³-hybridized carbons (Fsp3) is 0. The SMILES string of the molecule is N#Cc1cc(Br)cnc1S(=O)(=O)F. The number of halogens is 2. The number of nitrogens with zero attached hydrogens (tertiary/aromatic N) is 2. The lowest BCUT2D eigenvalue weighted by molar-refractivity contribution is 0.547. The smallest absolute Gasteiger partial charge is 0.240 e. The standard InChI is InChI=1S/C6H2BrFN2O2S/c7-5-1-4(2-9)6(10-3-5)13(8,11)12/h1,3H. The van der Waals surface area contributed by atoms with Gasteiger partial charge in [-0.25, -0.2) is 4.98 Å². The molecule has 0 saturated carbocycles. The molecule has 7 heteroatoms. The summed E-state index contributed by atoms with van der Waals surface area (Å²) in [6, 6.07) is 2.71. The van der Waals surface area contributed by atoms with E-state index in [1.165, 1.54) is 12.1 Å². The molecule has 1 aromatic heterocycles. The quantitative estimate of drug-likeness (QED) is 0.719. The van der Waals surface area contributed by atoms with Gasteiger partial charge >= 0.3 is 10.2 Å². The van der Waals surface area contributed by atoms with Crippen LogP contribution in [0.5, 0.6) is 0 Å². The fourth-order valence-corrected chi connectivity index (χ4v) is 1.58. The molecule has 0 radical (unpaired) electrons.